The molecule has 0 aliphatic heterocycles. The number of rotatable bonds is 26. The van der Waals surface area contributed by atoms with E-state index in [1.54, 1.807) is 0 Å². The molecule has 0 aliphatic carbocycles. The van der Waals surface area contributed by atoms with Gasteiger partial charge < -0.3 is 13.8 Å². The van der Waals surface area contributed by atoms with Gasteiger partial charge in [0.2, 0.25) is 0 Å². The summed E-state index contributed by atoms with van der Waals surface area (Å²) in [6, 6.07) is 0. The largest absolute Gasteiger partial charge is 2.00 e. The van der Waals surface area contributed by atoms with E-state index in [1.807, 2.05) is 0 Å². The molecule has 0 atom stereocenters. The minimum atomic E-state index is 0. The number of unbranched alkanes of at least 4 members (excludes halogenated alkanes) is 26. The van der Waals surface area contributed by atoms with Crippen molar-refractivity contribution in [2.75, 3.05) is 0 Å². The second-order valence-electron chi connectivity index (χ2n) is 10.2. The number of hydrogen-bond donors (Lipinski definition) is 0. The molecule has 0 nitrogen and oxygen atoms in total. The average molecular weight is 516 g/mol. The minimum Gasteiger partial charge on any atom is -0.343 e. The maximum absolute atomic E-state index is 3.87. The van der Waals surface area contributed by atoms with Crippen LogP contribution in [0.25, 0.3) is 0 Å². The molecule has 196 valence electrons. The van der Waals surface area contributed by atoms with E-state index in [9.17, 15) is 0 Å². The second kappa shape index (κ2) is 39.8. The quantitative estimate of drug-likeness (QED) is 0.0610. The third-order valence-electron chi connectivity index (χ3n) is 6.71. The Morgan fingerprint density at radius 3 is 0.576 bits per heavy atom. The topological polar surface area (TPSA) is 0 Å². The van der Waals surface area contributed by atoms with Crippen LogP contribution in [0.4, 0.5) is 0 Å². The van der Waals surface area contributed by atoms with Crippen molar-refractivity contribution in [1.29, 1.82) is 0 Å². The molecule has 0 heterocycles. The van der Waals surface area contributed by atoms with E-state index < -0.39 is 0 Å². The maximum atomic E-state index is 3.87. The predicted molar refractivity (Wildman–Crippen MR) is 151 cm³/mol. The Morgan fingerprint density at radius 2 is 0.424 bits per heavy atom. The molecule has 0 radical (unpaired) electrons. The van der Waals surface area contributed by atoms with Gasteiger partial charge in [0, 0.05) is 0 Å². The maximum Gasteiger partial charge on any atom is 2.00 e. The van der Waals surface area contributed by atoms with Gasteiger partial charge in [-0.1, -0.05) is 181 Å². The van der Waals surface area contributed by atoms with E-state index in [4.69, 9.17) is 0 Å². The molecule has 0 fully saturated rings. The summed E-state index contributed by atoms with van der Waals surface area (Å²) in [6.07, 6.45) is 39.7. The molecule has 33 heavy (non-hydrogen) atoms. The predicted octanol–water partition coefficient (Wildman–Crippen LogP) is 12.6. The van der Waals surface area contributed by atoms with Gasteiger partial charge in [-0.3, -0.25) is 0 Å². The van der Waals surface area contributed by atoms with Gasteiger partial charge in [0.25, 0.3) is 0 Å². The van der Waals surface area contributed by atoms with Crippen molar-refractivity contribution in [3.05, 3.63) is 13.8 Å². The van der Waals surface area contributed by atoms with Crippen LogP contribution in [0.15, 0.2) is 0 Å². The second-order valence-corrected chi connectivity index (χ2v) is 10.2. The van der Waals surface area contributed by atoms with Crippen molar-refractivity contribution in [2.24, 2.45) is 0 Å². The molecular formula is C32H66Zn. The Bertz CT molecular complexity index is 220. The van der Waals surface area contributed by atoms with Crippen LogP contribution in [0, 0.1) is 13.8 Å². The van der Waals surface area contributed by atoms with E-state index in [0.717, 1.165) is 12.8 Å². The molecule has 0 aromatic heterocycles. The molecule has 0 amide bonds. The van der Waals surface area contributed by atoms with Crippen LogP contribution in [0.5, 0.6) is 0 Å². The van der Waals surface area contributed by atoms with E-state index in [1.165, 1.54) is 167 Å². The molecule has 0 saturated heterocycles. The molecule has 0 bridgehead atoms. The summed E-state index contributed by atoms with van der Waals surface area (Å²) in [5.41, 5.74) is 0. The summed E-state index contributed by atoms with van der Waals surface area (Å²) in [7, 11) is 0. The minimum absolute atomic E-state index is 0. The summed E-state index contributed by atoms with van der Waals surface area (Å²) in [4.78, 5) is 0. The van der Waals surface area contributed by atoms with Crippen LogP contribution in [-0.4, -0.2) is 0 Å². The van der Waals surface area contributed by atoms with Crippen LogP contribution in [0.2, 0.25) is 0 Å². The molecule has 0 aromatic carbocycles. The SMILES string of the molecule is [CH2-]CCCCCCCCCCCCCCC.[CH2-]CCCCCCCCCCCCCCC.[Zn+2]. The summed E-state index contributed by atoms with van der Waals surface area (Å²) in [5.74, 6) is 0. The smallest absolute Gasteiger partial charge is 0.343 e. The van der Waals surface area contributed by atoms with E-state index >= 15 is 0 Å². The fraction of sp³-hybridized carbons (Fsp3) is 0.938. The average Bonchev–Trinajstić information content (AvgIpc) is 2.81. The summed E-state index contributed by atoms with van der Waals surface area (Å²) < 4.78 is 0. The zero-order chi connectivity index (χ0) is 23.8. The van der Waals surface area contributed by atoms with Gasteiger partial charge in [-0.05, 0) is 0 Å². The molecular weight excluding hydrogens is 450 g/mol. The number of hydrogen-bond acceptors (Lipinski definition) is 0. The Balaban J connectivity index is -0.000000529. The summed E-state index contributed by atoms with van der Waals surface area (Å²) in [5, 5.41) is 0. The first-order valence-corrected chi connectivity index (χ1v) is 15.4. The van der Waals surface area contributed by atoms with Gasteiger partial charge in [0.05, 0.1) is 0 Å². The van der Waals surface area contributed by atoms with Crippen molar-refractivity contribution in [3.8, 4) is 0 Å². The van der Waals surface area contributed by atoms with Crippen LogP contribution in [0.1, 0.15) is 194 Å². The first kappa shape index (κ1) is 38.2. The van der Waals surface area contributed by atoms with Gasteiger partial charge in [0.15, 0.2) is 0 Å². The standard InChI is InChI=1S/2C16H33.Zn/c2*1-3-5-7-9-11-13-15-16-14-12-10-8-6-4-2;/h2*1,3-16H2,2H3;/q2*-1;+2. The fourth-order valence-corrected chi connectivity index (χ4v) is 4.39. The molecule has 0 rings (SSSR count). The third kappa shape index (κ3) is 43.2. The first-order valence-electron chi connectivity index (χ1n) is 15.4. The molecule has 1 heteroatoms. The molecule has 0 N–H and O–H groups in total. The van der Waals surface area contributed by atoms with Gasteiger partial charge in [-0.25, -0.2) is 0 Å². The van der Waals surface area contributed by atoms with E-state index in [2.05, 4.69) is 27.7 Å². The van der Waals surface area contributed by atoms with Crippen LogP contribution >= 0.6 is 0 Å². The van der Waals surface area contributed by atoms with Crippen molar-refractivity contribution in [2.45, 2.75) is 194 Å². The molecule has 0 spiro atoms. The Hall–Kier alpha value is 0.623. The Kier molecular flexibility index (Phi) is 46.0. The monoisotopic (exact) mass is 514 g/mol. The van der Waals surface area contributed by atoms with Crippen molar-refractivity contribution in [1.82, 2.24) is 0 Å². The summed E-state index contributed by atoms with van der Waals surface area (Å²) >= 11 is 0. The van der Waals surface area contributed by atoms with Crippen LogP contribution < -0.4 is 0 Å². The van der Waals surface area contributed by atoms with Gasteiger partial charge in [-0.2, -0.15) is 12.8 Å². The first-order chi connectivity index (χ1) is 15.8. The Labute approximate surface area is 226 Å². The van der Waals surface area contributed by atoms with Gasteiger partial charge in [-0.15, -0.1) is 0 Å². The zero-order valence-corrected chi connectivity index (χ0v) is 26.9. The summed E-state index contributed by atoms with van der Waals surface area (Å²) in [6.45, 7) is 12.3. The normalized spacial score (nSPS) is 10.5. The fourth-order valence-electron chi connectivity index (χ4n) is 4.39. The third-order valence-corrected chi connectivity index (χ3v) is 6.71. The van der Waals surface area contributed by atoms with Gasteiger partial charge >= 0.3 is 19.5 Å². The van der Waals surface area contributed by atoms with Crippen molar-refractivity contribution in [3.63, 3.8) is 0 Å². The van der Waals surface area contributed by atoms with E-state index in [-0.39, 0.29) is 19.5 Å². The zero-order valence-electron chi connectivity index (χ0n) is 23.9. The Morgan fingerprint density at radius 1 is 0.273 bits per heavy atom. The van der Waals surface area contributed by atoms with Crippen LogP contribution in [-0.2, 0) is 19.5 Å². The molecule has 0 saturated carbocycles. The molecule has 0 aromatic rings. The van der Waals surface area contributed by atoms with Gasteiger partial charge in [0.1, 0.15) is 0 Å². The molecule has 0 aliphatic rings. The molecule has 0 unspecified atom stereocenters. The van der Waals surface area contributed by atoms with Crippen LogP contribution in [0.3, 0.4) is 0 Å². The van der Waals surface area contributed by atoms with Crippen molar-refractivity contribution < 1.29 is 19.5 Å². The van der Waals surface area contributed by atoms with E-state index in [0.29, 0.717) is 0 Å². The van der Waals surface area contributed by atoms with Crippen molar-refractivity contribution >= 4 is 0 Å².